The van der Waals surface area contributed by atoms with Gasteiger partial charge in [0.25, 0.3) is 5.91 Å². The van der Waals surface area contributed by atoms with E-state index >= 15 is 0 Å². The van der Waals surface area contributed by atoms with Crippen LogP contribution in [-0.2, 0) is 4.79 Å². The second-order valence-electron chi connectivity index (χ2n) is 7.50. The third-order valence-electron chi connectivity index (χ3n) is 5.17. The van der Waals surface area contributed by atoms with Crippen LogP contribution in [0.2, 0.25) is 0 Å². The maximum Gasteiger partial charge on any atom is 0.253 e. The number of benzene rings is 2. The van der Waals surface area contributed by atoms with Gasteiger partial charge < -0.3 is 19.7 Å². The van der Waals surface area contributed by atoms with E-state index in [1.807, 2.05) is 48.2 Å². The predicted octanol–water partition coefficient (Wildman–Crippen LogP) is 4.43. The number of likely N-dealkylation sites (tertiary alicyclic amines) is 1. The molecule has 1 aliphatic heterocycles. The fraction of sp³-hybridized carbons (Fsp3) is 0.417. The van der Waals surface area contributed by atoms with Crippen molar-refractivity contribution >= 4 is 27.7 Å². The van der Waals surface area contributed by atoms with Crippen molar-refractivity contribution in [2.75, 3.05) is 26.3 Å². The molecule has 0 unspecified atom stereocenters. The van der Waals surface area contributed by atoms with E-state index in [0.717, 1.165) is 28.8 Å². The van der Waals surface area contributed by atoms with Crippen LogP contribution >= 0.6 is 15.9 Å². The van der Waals surface area contributed by atoms with Gasteiger partial charge in [-0.15, -0.1) is 0 Å². The smallest absolute Gasteiger partial charge is 0.253 e. The summed E-state index contributed by atoms with van der Waals surface area (Å²) in [5, 5.41) is 3.09. The molecule has 3 rings (SSSR count). The van der Waals surface area contributed by atoms with E-state index in [4.69, 9.17) is 9.47 Å². The Morgan fingerprint density at radius 3 is 2.48 bits per heavy atom. The van der Waals surface area contributed by atoms with Crippen LogP contribution in [0.1, 0.15) is 43.0 Å². The molecule has 0 aromatic heterocycles. The van der Waals surface area contributed by atoms with E-state index < -0.39 is 0 Å². The molecule has 166 valence electrons. The average molecular weight is 489 g/mol. The van der Waals surface area contributed by atoms with E-state index in [9.17, 15) is 9.59 Å². The maximum atomic E-state index is 12.7. The number of carbonyl (C=O) groups is 2. The second-order valence-corrected chi connectivity index (χ2v) is 8.42. The highest BCUT2D eigenvalue weighted by atomic mass is 79.9. The molecule has 7 heteroatoms. The predicted molar refractivity (Wildman–Crippen MR) is 124 cm³/mol. The Kier molecular flexibility index (Phi) is 8.76. The van der Waals surface area contributed by atoms with Crippen molar-refractivity contribution in [2.45, 2.75) is 38.6 Å². The van der Waals surface area contributed by atoms with Crippen LogP contribution in [0.25, 0.3) is 0 Å². The molecule has 1 fully saturated rings. The van der Waals surface area contributed by atoms with Crippen LogP contribution in [0.5, 0.6) is 11.5 Å². The van der Waals surface area contributed by atoms with Gasteiger partial charge in [0.05, 0.1) is 13.2 Å². The Balaban J connectivity index is 1.34. The molecule has 0 bridgehead atoms. The van der Waals surface area contributed by atoms with Crippen LogP contribution < -0.4 is 14.8 Å². The van der Waals surface area contributed by atoms with Gasteiger partial charge in [0.2, 0.25) is 5.91 Å². The lowest BCUT2D eigenvalue weighted by molar-refractivity contribution is -0.122. The van der Waals surface area contributed by atoms with Crippen molar-refractivity contribution in [1.29, 1.82) is 0 Å². The summed E-state index contributed by atoms with van der Waals surface area (Å²) >= 11 is 3.41. The Morgan fingerprint density at radius 2 is 1.81 bits per heavy atom. The third kappa shape index (κ3) is 7.28. The summed E-state index contributed by atoms with van der Waals surface area (Å²) in [5.74, 6) is 1.62. The lowest BCUT2D eigenvalue weighted by atomic mass is 10.0. The normalized spacial score (nSPS) is 14.2. The highest BCUT2D eigenvalue weighted by molar-refractivity contribution is 9.10. The number of piperidine rings is 1. The molecule has 1 saturated heterocycles. The number of ether oxygens (including phenoxy) is 2. The minimum Gasteiger partial charge on any atom is -0.494 e. The molecule has 1 heterocycles. The number of nitrogens with zero attached hydrogens (tertiary/aromatic N) is 1. The first-order valence-corrected chi connectivity index (χ1v) is 11.5. The lowest BCUT2D eigenvalue weighted by Gasteiger charge is -2.32. The zero-order valence-electron chi connectivity index (χ0n) is 17.8. The Hall–Kier alpha value is -2.54. The summed E-state index contributed by atoms with van der Waals surface area (Å²) in [7, 11) is 0. The summed E-state index contributed by atoms with van der Waals surface area (Å²) in [6, 6.07) is 15.0. The van der Waals surface area contributed by atoms with Gasteiger partial charge in [0.15, 0.2) is 0 Å². The monoisotopic (exact) mass is 488 g/mol. The molecule has 0 saturated carbocycles. The first-order valence-electron chi connectivity index (χ1n) is 10.7. The molecular weight excluding hydrogens is 460 g/mol. The molecule has 0 atom stereocenters. The van der Waals surface area contributed by atoms with Gasteiger partial charge in [-0.05, 0) is 68.7 Å². The molecule has 31 heavy (non-hydrogen) atoms. The highest BCUT2D eigenvalue weighted by Gasteiger charge is 2.24. The topological polar surface area (TPSA) is 67.9 Å². The molecule has 1 aliphatic rings. The number of amides is 2. The van der Waals surface area contributed by atoms with Gasteiger partial charge in [0.1, 0.15) is 11.5 Å². The summed E-state index contributed by atoms with van der Waals surface area (Å²) < 4.78 is 12.1. The van der Waals surface area contributed by atoms with Gasteiger partial charge in [-0.3, -0.25) is 9.59 Å². The van der Waals surface area contributed by atoms with Gasteiger partial charge in [-0.2, -0.15) is 0 Å². The molecule has 1 N–H and O–H groups in total. The first-order chi connectivity index (χ1) is 15.0. The van der Waals surface area contributed by atoms with Gasteiger partial charge in [0, 0.05) is 35.6 Å². The molecule has 0 spiro atoms. The fourth-order valence-corrected chi connectivity index (χ4v) is 3.93. The second kappa shape index (κ2) is 11.7. The molecule has 0 aliphatic carbocycles. The fourth-order valence-electron chi connectivity index (χ4n) is 3.55. The number of rotatable bonds is 9. The van der Waals surface area contributed by atoms with Crippen LogP contribution in [0.3, 0.4) is 0 Å². The Morgan fingerprint density at radius 1 is 1.06 bits per heavy atom. The Bertz CT molecular complexity index is 864. The SMILES string of the molecule is CCOc1ccc(C(=O)N2CCC(NC(=O)CCCOc3cccc(Br)c3)CC2)cc1. The lowest BCUT2D eigenvalue weighted by Crippen LogP contribution is -2.46. The third-order valence-corrected chi connectivity index (χ3v) is 5.67. The van der Waals surface area contributed by atoms with Crippen molar-refractivity contribution in [3.63, 3.8) is 0 Å². The average Bonchev–Trinajstić information content (AvgIpc) is 2.78. The summed E-state index contributed by atoms with van der Waals surface area (Å²) in [5.41, 5.74) is 0.663. The van der Waals surface area contributed by atoms with E-state index in [1.54, 1.807) is 12.1 Å². The van der Waals surface area contributed by atoms with Gasteiger partial charge >= 0.3 is 0 Å². The summed E-state index contributed by atoms with van der Waals surface area (Å²) in [6.45, 7) is 4.31. The number of carbonyl (C=O) groups excluding carboxylic acids is 2. The molecule has 0 radical (unpaired) electrons. The number of nitrogens with one attached hydrogen (secondary N) is 1. The zero-order chi connectivity index (χ0) is 22.1. The minimum atomic E-state index is 0.0255. The van der Waals surface area contributed by atoms with E-state index in [-0.39, 0.29) is 17.9 Å². The van der Waals surface area contributed by atoms with Crippen molar-refractivity contribution in [3.05, 3.63) is 58.6 Å². The number of halogens is 1. The van der Waals surface area contributed by atoms with Crippen LogP contribution in [0.4, 0.5) is 0 Å². The Labute approximate surface area is 192 Å². The van der Waals surface area contributed by atoms with E-state index in [0.29, 0.717) is 44.7 Å². The van der Waals surface area contributed by atoms with Crippen molar-refractivity contribution in [1.82, 2.24) is 10.2 Å². The zero-order valence-corrected chi connectivity index (χ0v) is 19.4. The largest absolute Gasteiger partial charge is 0.494 e. The number of hydrogen-bond acceptors (Lipinski definition) is 4. The number of hydrogen-bond donors (Lipinski definition) is 1. The summed E-state index contributed by atoms with van der Waals surface area (Å²) in [4.78, 5) is 26.8. The quantitative estimate of drug-likeness (QED) is 0.530. The van der Waals surface area contributed by atoms with Crippen LogP contribution in [0.15, 0.2) is 53.0 Å². The molecule has 2 aromatic carbocycles. The highest BCUT2D eigenvalue weighted by Crippen LogP contribution is 2.19. The van der Waals surface area contributed by atoms with E-state index in [1.165, 1.54) is 0 Å². The van der Waals surface area contributed by atoms with Crippen molar-refractivity contribution < 1.29 is 19.1 Å². The van der Waals surface area contributed by atoms with Gasteiger partial charge in [-0.1, -0.05) is 22.0 Å². The molecular formula is C24H29BrN2O4. The standard InChI is InChI=1S/C24H29BrN2O4/c1-2-30-21-10-8-18(9-11-21)24(29)27-14-12-20(13-15-27)26-23(28)7-4-16-31-22-6-3-5-19(25)17-22/h3,5-6,8-11,17,20H,2,4,7,12-16H2,1H3,(H,26,28). The van der Waals surface area contributed by atoms with E-state index in [2.05, 4.69) is 21.2 Å². The first kappa shape index (κ1) is 23.1. The molecule has 2 aromatic rings. The van der Waals surface area contributed by atoms with Crippen molar-refractivity contribution in [3.8, 4) is 11.5 Å². The maximum absolute atomic E-state index is 12.7. The van der Waals surface area contributed by atoms with Crippen LogP contribution in [0, 0.1) is 0 Å². The minimum absolute atomic E-state index is 0.0255. The molecule has 6 nitrogen and oxygen atoms in total. The summed E-state index contributed by atoms with van der Waals surface area (Å²) in [6.07, 6.45) is 2.62. The van der Waals surface area contributed by atoms with Crippen LogP contribution in [-0.4, -0.2) is 49.1 Å². The van der Waals surface area contributed by atoms with Gasteiger partial charge in [-0.25, -0.2) is 0 Å². The molecule has 2 amide bonds. The van der Waals surface area contributed by atoms with Crippen molar-refractivity contribution in [2.24, 2.45) is 0 Å².